The summed E-state index contributed by atoms with van der Waals surface area (Å²) in [6.07, 6.45) is 4.30. The first kappa shape index (κ1) is 16.0. The number of aliphatic hydroxyl groups is 1. The fourth-order valence-electron chi connectivity index (χ4n) is 3.34. The van der Waals surface area contributed by atoms with Gasteiger partial charge in [-0.25, -0.2) is 4.98 Å². The summed E-state index contributed by atoms with van der Waals surface area (Å²) >= 11 is 0. The molecule has 4 nitrogen and oxygen atoms in total. The number of aromatic nitrogens is 1. The van der Waals surface area contributed by atoms with E-state index in [-0.39, 0.29) is 6.10 Å². The molecule has 4 heteroatoms. The molecule has 0 aliphatic carbocycles. The van der Waals surface area contributed by atoms with Crippen LogP contribution in [0.2, 0.25) is 0 Å². The summed E-state index contributed by atoms with van der Waals surface area (Å²) in [5.74, 6) is 1.01. The number of nitrogen functional groups attached to an aromatic ring is 1. The van der Waals surface area contributed by atoms with E-state index in [4.69, 9.17) is 5.73 Å². The Morgan fingerprint density at radius 1 is 1.13 bits per heavy atom. The molecule has 0 saturated carbocycles. The predicted octanol–water partition coefficient (Wildman–Crippen LogP) is 2.48. The minimum atomic E-state index is -0.247. The molecular weight excluding hydrogens is 286 g/mol. The van der Waals surface area contributed by atoms with Gasteiger partial charge in [0.2, 0.25) is 0 Å². The van der Waals surface area contributed by atoms with Gasteiger partial charge in [-0.1, -0.05) is 36.4 Å². The summed E-state index contributed by atoms with van der Waals surface area (Å²) in [7, 11) is 0. The quantitative estimate of drug-likeness (QED) is 0.890. The average Bonchev–Trinajstić information content (AvgIpc) is 2.58. The number of nitrogens with zero attached hydrogens (tertiary/aromatic N) is 2. The molecule has 0 bridgehead atoms. The maximum Gasteiger partial charge on any atom is 0.127 e. The topological polar surface area (TPSA) is 62.4 Å². The van der Waals surface area contributed by atoms with Gasteiger partial charge >= 0.3 is 0 Å². The van der Waals surface area contributed by atoms with Crippen molar-refractivity contribution in [1.29, 1.82) is 0 Å². The zero-order valence-corrected chi connectivity index (χ0v) is 13.4. The largest absolute Gasteiger partial charge is 0.392 e. The van der Waals surface area contributed by atoms with Gasteiger partial charge in [0.15, 0.2) is 0 Å². The van der Waals surface area contributed by atoms with Crippen molar-refractivity contribution in [1.82, 2.24) is 9.88 Å². The van der Waals surface area contributed by atoms with Gasteiger partial charge in [0, 0.05) is 18.3 Å². The molecule has 0 unspecified atom stereocenters. The van der Waals surface area contributed by atoms with Gasteiger partial charge in [0.25, 0.3) is 0 Å². The van der Waals surface area contributed by atoms with Crippen molar-refractivity contribution >= 4 is 5.82 Å². The van der Waals surface area contributed by atoms with Gasteiger partial charge in [-0.2, -0.15) is 0 Å². The lowest BCUT2D eigenvalue weighted by Gasteiger charge is -2.34. The van der Waals surface area contributed by atoms with E-state index in [0.717, 1.165) is 44.5 Å². The second-order valence-electron chi connectivity index (χ2n) is 6.42. The Morgan fingerprint density at radius 2 is 1.87 bits per heavy atom. The first-order valence-electron chi connectivity index (χ1n) is 8.36. The molecule has 3 N–H and O–H groups in total. The third-order valence-corrected chi connectivity index (χ3v) is 4.78. The SMILES string of the molecule is Nc1ncccc1CN1CCC([C@H](O)Cc2ccccc2)CC1. The van der Waals surface area contributed by atoms with Crippen molar-refractivity contribution in [2.24, 2.45) is 5.92 Å². The lowest BCUT2D eigenvalue weighted by atomic mass is 9.88. The highest BCUT2D eigenvalue weighted by Crippen LogP contribution is 2.24. The summed E-state index contributed by atoms with van der Waals surface area (Å²) < 4.78 is 0. The van der Waals surface area contributed by atoms with E-state index in [1.54, 1.807) is 6.20 Å². The molecule has 0 radical (unpaired) electrons. The summed E-state index contributed by atoms with van der Waals surface area (Å²) in [6, 6.07) is 14.2. The zero-order valence-electron chi connectivity index (χ0n) is 13.4. The van der Waals surface area contributed by atoms with E-state index in [2.05, 4.69) is 22.0 Å². The van der Waals surface area contributed by atoms with Crippen molar-refractivity contribution in [2.75, 3.05) is 18.8 Å². The molecule has 122 valence electrons. The van der Waals surface area contributed by atoms with Crippen molar-refractivity contribution in [2.45, 2.75) is 31.9 Å². The number of nitrogens with two attached hydrogens (primary N) is 1. The zero-order chi connectivity index (χ0) is 16.1. The molecule has 0 amide bonds. The van der Waals surface area contributed by atoms with Crippen molar-refractivity contribution in [3.8, 4) is 0 Å². The van der Waals surface area contributed by atoms with E-state index in [9.17, 15) is 5.11 Å². The van der Waals surface area contributed by atoms with Gasteiger partial charge in [-0.05, 0) is 49.9 Å². The van der Waals surface area contributed by atoms with Crippen LogP contribution >= 0.6 is 0 Å². The van der Waals surface area contributed by atoms with Crippen LogP contribution in [0.3, 0.4) is 0 Å². The van der Waals surface area contributed by atoms with Crippen molar-refractivity contribution < 1.29 is 5.11 Å². The number of hydrogen-bond donors (Lipinski definition) is 2. The molecular formula is C19H25N3O. The van der Waals surface area contributed by atoms with Gasteiger partial charge < -0.3 is 10.8 Å². The number of piperidine rings is 1. The molecule has 1 aromatic heterocycles. The molecule has 1 saturated heterocycles. The second kappa shape index (κ2) is 7.57. The highest BCUT2D eigenvalue weighted by atomic mass is 16.3. The lowest BCUT2D eigenvalue weighted by Crippen LogP contribution is -2.38. The Balaban J connectivity index is 1.49. The lowest BCUT2D eigenvalue weighted by molar-refractivity contribution is 0.0577. The summed E-state index contributed by atoms with van der Waals surface area (Å²) in [4.78, 5) is 6.55. The molecule has 2 heterocycles. The Bertz CT molecular complexity index is 609. The van der Waals surface area contributed by atoms with Crippen molar-refractivity contribution in [3.05, 3.63) is 59.8 Å². The number of pyridine rings is 1. The van der Waals surface area contributed by atoms with E-state index < -0.39 is 0 Å². The monoisotopic (exact) mass is 311 g/mol. The first-order valence-corrected chi connectivity index (χ1v) is 8.36. The Morgan fingerprint density at radius 3 is 2.57 bits per heavy atom. The third-order valence-electron chi connectivity index (χ3n) is 4.78. The van der Waals surface area contributed by atoms with Crippen LogP contribution in [0.25, 0.3) is 0 Å². The standard InChI is InChI=1S/C19H25N3O/c20-19-17(7-4-10-21-19)14-22-11-8-16(9-12-22)18(23)13-15-5-2-1-3-6-15/h1-7,10,16,18,23H,8-9,11-14H2,(H2,20,21)/t18-/m1/s1. The van der Waals surface area contributed by atoms with Crippen molar-refractivity contribution in [3.63, 3.8) is 0 Å². The number of aliphatic hydroxyl groups excluding tert-OH is 1. The molecule has 2 aromatic rings. The van der Waals surface area contributed by atoms with Gasteiger partial charge in [0.05, 0.1) is 6.10 Å². The minimum Gasteiger partial charge on any atom is -0.392 e. The van der Waals surface area contributed by atoms with Crippen LogP contribution in [0.4, 0.5) is 5.82 Å². The third kappa shape index (κ3) is 4.30. The molecule has 1 atom stereocenters. The fourth-order valence-corrected chi connectivity index (χ4v) is 3.34. The van der Waals surface area contributed by atoms with Gasteiger partial charge in [0.1, 0.15) is 5.82 Å². The Hall–Kier alpha value is -1.91. The van der Waals surface area contributed by atoms with E-state index in [1.165, 1.54) is 5.56 Å². The number of anilines is 1. The fraction of sp³-hybridized carbons (Fsp3) is 0.421. The van der Waals surface area contributed by atoms with E-state index in [1.807, 2.05) is 30.3 Å². The molecule has 1 fully saturated rings. The molecule has 23 heavy (non-hydrogen) atoms. The van der Waals surface area contributed by atoms with Gasteiger partial charge in [-0.15, -0.1) is 0 Å². The minimum absolute atomic E-state index is 0.247. The number of rotatable bonds is 5. The number of benzene rings is 1. The van der Waals surface area contributed by atoms with Crippen LogP contribution in [-0.2, 0) is 13.0 Å². The first-order chi connectivity index (χ1) is 11.2. The number of likely N-dealkylation sites (tertiary alicyclic amines) is 1. The Kier molecular flexibility index (Phi) is 5.26. The van der Waals surface area contributed by atoms with E-state index >= 15 is 0 Å². The molecule has 1 aromatic carbocycles. The average molecular weight is 311 g/mol. The maximum atomic E-state index is 10.5. The molecule has 3 rings (SSSR count). The molecule has 1 aliphatic heterocycles. The summed E-state index contributed by atoms with van der Waals surface area (Å²) in [5.41, 5.74) is 8.23. The van der Waals surface area contributed by atoms with Crippen LogP contribution in [-0.4, -0.2) is 34.2 Å². The highest BCUT2D eigenvalue weighted by Gasteiger charge is 2.25. The summed E-state index contributed by atoms with van der Waals surface area (Å²) in [5, 5.41) is 10.5. The Labute approximate surface area is 138 Å². The predicted molar refractivity (Wildman–Crippen MR) is 92.8 cm³/mol. The van der Waals surface area contributed by atoms with Gasteiger partial charge in [-0.3, -0.25) is 4.90 Å². The number of hydrogen-bond acceptors (Lipinski definition) is 4. The van der Waals surface area contributed by atoms with Crippen LogP contribution in [0.15, 0.2) is 48.7 Å². The van der Waals surface area contributed by atoms with E-state index in [0.29, 0.717) is 11.7 Å². The highest BCUT2D eigenvalue weighted by molar-refractivity contribution is 5.38. The smallest absolute Gasteiger partial charge is 0.127 e. The van der Waals surface area contributed by atoms with Crippen LogP contribution in [0.1, 0.15) is 24.0 Å². The summed E-state index contributed by atoms with van der Waals surface area (Å²) in [6.45, 7) is 2.86. The molecule has 1 aliphatic rings. The van der Waals surface area contributed by atoms with Crippen LogP contribution in [0, 0.1) is 5.92 Å². The van der Waals surface area contributed by atoms with Crippen LogP contribution < -0.4 is 5.73 Å². The molecule has 0 spiro atoms. The maximum absolute atomic E-state index is 10.5. The normalized spacial score (nSPS) is 18.0. The van der Waals surface area contributed by atoms with Crippen LogP contribution in [0.5, 0.6) is 0 Å². The second-order valence-corrected chi connectivity index (χ2v) is 6.42.